The van der Waals surface area contributed by atoms with E-state index in [4.69, 9.17) is 11.6 Å². The van der Waals surface area contributed by atoms with E-state index in [2.05, 4.69) is 20.6 Å². The number of carbonyl (C=O) groups excluding carboxylic acids is 1. The van der Waals surface area contributed by atoms with Gasteiger partial charge in [-0.15, -0.1) is 0 Å². The zero-order valence-electron chi connectivity index (χ0n) is 15.4. The van der Waals surface area contributed by atoms with E-state index < -0.39 is 0 Å². The van der Waals surface area contributed by atoms with E-state index in [0.717, 1.165) is 19.3 Å². The molecule has 28 heavy (non-hydrogen) atoms. The van der Waals surface area contributed by atoms with Gasteiger partial charge in [-0.2, -0.15) is 4.98 Å². The molecule has 0 aliphatic carbocycles. The summed E-state index contributed by atoms with van der Waals surface area (Å²) in [5.74, 6) is 0.277. The van der Waals surface area contributed by atoms with Gasteiger partial charge >= 0.3 is 0 Å². The number of nitrogens with zero attached hydrogens (tertiary/aromatic N) is 3. The number of benzene rings is 1. The molecule has 0 radical (unpaired) electrons. The molecule has 1 saturated heterocycles. The lowest BCUT2D eigenvalue weighted by atomic mass is 10.1. The van der Waals surface area contributed by atoms with Crippen molar-refractivity contribution in [2.24, 2.45) is 7.05 Å². The molecule has 8 heteroatoms. The highest BCUT2D eigenvalue weighted by atomic mass is 35.5. The molecule has 0 spiro atoms. The van der Waals surface area contributed by atoms with Crippen molar-refractivity contribution in [3.05, 3.63) is 51.9 Å². The predicted octanol–water partition coefficient (Wildman–Crippen LogP) is 2.73. The Kier molecular flexibility index (Phi) is 5.00. The van der Waals surface area contributed by atoms with Crippen molar-refractivity contribution in [2.75, 3.05) is 11.9 Å². The number of aryl methyl sites for hydroxylation is 1. The number of fused-ring (bicyclic) bond motifs is 1. The van der Waals surface area contributed by atoms with Crippen LogP contribution < -0.4 is 16.2 Å². The molecule has 1 amide bonds. The van der Waals surface area contributed by atoms with Crippen LogP contribution in [0.1, 0.15) is 19.3 Å². The van der Waals surface area contributed by atoms with Crippen LogP contribution in [0.4, 0.5) is 5.95 Å². The third-order valence-corrected chi connectivity index (χ3v) is 5.28. The quantitative estimate of drug-likeness (QED) is 0.709. The van der Waals surface area contributed by atoms with Crippen LogP contribution in [0.25, 0.3) is 22.2 Å². The van der Waals surface area contributed by atoms with E-state index >= 15 is 0 Å². The van der Waals surface area contributed by atoms with Crippen molar-refractivity contribution in [3.8, 4) is 11.1 Å². The number of halogens is 1. The van der Waals surface area contributed by atoms with E-state index in [1.165, 1.54) is 4.57 Å². The van der Waals surface area contributed by atoms with Gasteiger partial charge in [0.15, 0.2) is 0 Å². The van der Waals surface area contributed by atoms with Crippen LogP contribution in [0.15, 0.2) is 41.3 Å². The van der Waals surface area contributed by atoms with Crippen molar-refractivity contribution in [2.45, 2.75) is 25.3 Å². The number of rotatable bonds is 3. The van der Waals surface area contributed by atoms with Crippen LogP contribution in [0.2, 0.25) is 5.02 Å². The number of hydrogen-bond acceptors (Lipinski definition) is 5. The summed E-state index contributed by atoms with van der Waals surface area (Å²) < 4.78 is 1.48. The van der Waals surface area contributed by atoms with Gasteiger partial charge in [0.2, 0.25) is 11.9 Å². The molecule has 1 aliphatic rings. The Labute approximate surface area is 166 Å². The summed E-state index contributed by atoms with van der Waals surface area (Å²) in [5.41, 5.74) is 1.46. The lowest BCUT2D eigenvalue weighted by Crippen LogP contribution is -2.38. The molecule has 1 aliphatic heterocycles. The van der Waals surface area contributed by atoms with E-state index in [-0.39, 0.29) is 17.5 Å². The van der Waals surface area contributed by atoms with Crippen LogP contribution in [-0.4, -0.2) is 33.0 Å². The summed E-state index contributed by atoms with van der Waals surface area (Å²) in [6, 6.07) is 8.60. The molecular weight excluding hydrogens is 378 g/mol. The number of nitrogens with one attached hydrogen (secondary N) is 2. The van der Waals surface area contributed by atoms with Gasteiger partial charge in [-0.3, -0.25) is 14.2 Å². The molecule has 2 aromatic heterocycles. The van der Waals surface area contributed by atoms with Crippen molar-refractivity contribution >= 4 is 34.5 Å². The zero-order valence-corrected chi connectivity index (χ0v) is 16.2. The maximum absolute atomic E-state index is 12.9. The van der Waals surface area contributed by atoms with Crippen LogP contribution >= 0.6 is 11.6 Å². The molecular formula is C20H20ClN5O2. The van der Waals surface area contributed by atoms with Crippen molar-refractivity contribution < 1.29 is 4.79 Å². The zero-order chi connectivity index (χ0) is 19.7. The summed E-state index contributed by atoms with van der Waals surface area (Å²) in [4.78, 5) is 33.9. The van der Waals surface area contributed by atoms with Crippen LogP contribution in [0.5, 0.6) is 0 Å². The minimum atomic E-state index is -0.376. The van der Waals surface area contributed by atoms with Crippen molar-refractivity contribution in [1.29, 1.82) is 0 Å². The molecule has 144 valence electrons. The Morgan fingerprint density at radius 3 is 2.86 bits per heavy atom. The number of amides is 1. The lowest BCUT2D eigenvalue weighted by Gasteiger charge is -2.16. The molecule has 7 nitrogen and oxygen atoms in total. The highest BCUT2D eigenvalue weighted by Crippen LogP contribution is 2.27. The van der Waals surface area contributed by atoms with E-state index in [1.54, 1.807) is 25.4 Å². The monoisotopic (exact) mass is 397 g/mol. The maximum Gasteiger partial charge on any atom is 0.259 e. The summed E-state index contributed by atoms with van der Waals surface area (Å²) >= 11 is 6.27. The molecule has 0 saturated carbocycles. The van der Waals surface area contributed by atoms with Crippen molar-refractivity contribution in [1.82, 2.24) is 19.9 Å². The molecule has 3 aromatic rings. The summed E-state index contributed by atoms with van der Waals surface area (Å²) in [6.07, 6.45) is 4.28. The fraction of sp³-hybridized carbons (Fsp3) is 0.300. The second-order valence-electron chi connectivity index (χ2n) is 6.86. The van der Waals surface area contributed by atoms with Gasteiger partial charge in [-0.25, -0.2) is 4.98 Å². The van der Waals surface area contributed by atoms with Gasteiger partial charge in [-0.1, -0.05) is 29.8 Å². The first-order valence-corrected chi connectivity index (χ1v) is 9.58. The molecule has 0 bridgehead atoms. The van der Waals surface area contributed by atoms with Gasteiger partial charge < -0.3 is 10.6 Å². The van der Waals surface area contributed by atoms with Gasteiger partial charge in [0, 0.05) is 41.3 Å². The lowest BCUT2D eigenvalue weighted by molar-refractivity contribution is -0.121. The third-order valence-electron chi connectivity index (χ3n) is 4.95. The van der Waals surface area contributed by atoms with Crippen LogP contribution in [0.3, 0.4) is 0 Å². The number of carbonyl (C=O) groups is 1. The minimum absolute atomic E-state index is 0.0517. The Balaban J connectivity index is 1.74. The molecule has 1 fully saturated rings. The first-order chi connectivity index (χ1) is 13.5. The van der Waals surface area contributed by atoms with E-state index in [9.17, 15) is 9.59 Å². The summed E-state index contributed by atoms with van der Waals surface area (Å²) in [5, 5.41) is 7.20. The standard InChI is InChI=1S/C20H20ClN5O2/c1-26-17-12(10-14(19(26)28)13-6-2-3-7-15(13)21)11-23-20(25-17)24-16-8-4-5-9-22-18(16)27/h2-3,6-7,10-11,16H,4-5,8-9H2,1H3,(H,22,27)(H,23,24,25)/t16-/m0/s1. The maximum atomic E-state index is 12.9. The highest BCUT2D eigenvalue weighted by Gasteiger charge is 2.21. The van der Waals surface area contributed by atoms with E-state index in [1.807, 2.05) is 18.2 Å². The number of pyridine rings is 1. The smallest absolute Gasteiger partial charge is 0.259 e. The first-order valence-electron chi connectivity index (χ1n) is 9.20. The Morgan fingerprint density at radius 1 is 1.21 bits per heavy atom. The van der Waals surface area contributed by atoms with Gasteiger partial charge in [-0.05, 0) is 31.4 Å². The third kappa shape index (κ3) is 3.45. The van der Waals surface area contributed by atoms with Crippen molar-refractivity contribution in [3.63, 3.8) is 0 Å². The predicted molar refractivity (Wildman–Crippen MR) is 109 cm³/mol. The second kappa shape index (κ2) is 7.59. The van der Waals surface area contributed by atoms with Gasteiger partial charge in [0.25, 0.3) is 5.56 Å². The second-order valence-corrected chi connectivity index (χ2v) is 7.27. The Morgan fingerprint density at radius 2 is 2.04 bits per heavy atom. The average Bonchev–Trinajstić information content (AvgIpc) is 2.90. The Hall–Kier alpha value is -2.93. The largest absolute Gasteiger partial charge is 0.354 e. The van der Waals surface area contributed by atoms with Gasteiger partial charge in [0.05, 0.1) is 0 Å². The van der Waals surface area contributed by atoms with E-state index in [0.29, 0.717) is 39.7 Å². The molecule has 1 atom stereocenters. The Bertz CT molecular complexity index is 1110. The molecule has 1 aromatic carbocycles. The normalized spacial score (nSPS) is 17.2. The summed E-state index contributed by atoms with van der Waals surface area (Å²) in [7, 11) is 1.67. The topological polar surface area (TPSA) is 88.9 Å². The van der Waals surface area contributed by atoms with Crippen LogP contribution in [-0.2, 0) is 11.8 Å². The average molecular weight is 398 g/mol. The highest BCUT2D eigenvalue weighted by molar-refractivity contribution is 6.33. The first kappa shape index (κ1) is 18.4. The fourth-order valence-corrected chi connectivity index (χ4v) is 3.66. The SMILES string of the molecule is Cn1c(=O)c(-c2ccccc2Cl)cc2cnc(N[C@H]3CCCCNC3=O)nc21. The van der Waals surface area contributed by atoms with Gasteiger partial charge in [0.1, 0.15) is 11.7 Å². The molecule has 0 unspecified atom stereocenters. The molecule has 3 heterocycles. The summed E-state index contributed by atoms with van der Waals surface area (Å²) in [6.45, 7) is 0.689. The number of aromatic nitrogens is 3. The van der Waals surface area contributed by atoms with Crippen LogP contribution in [0, 0.1) is 0 Å². The minimum Gasteiger partial charge on any atom is -0.354 e. The number of hydrogen-bond donors (Lipinski definition) is 2. The molecule has 2 N–H and O–H groups in total. The fourth-order valence-electron chi connectivity index (χ4n) is 3.42. The number of anilines is 1. The molecule has 4 rings (SSSR count).